The molecule has 3 rings (SSSR count). The average molecular weight is 502 g/mol. The molecule has 0 heterocycles. The van der Waals surface area contributed by atoms with Gasteiger partial charge in [0.25, 0.3) is 0 Å². The van der Waals surface area contributed by atoms with Crippen LogP contribution >= 0.6 is 0 Å². The van der Waals surface area contributed by atoms with E-state index in [2.05, 4.69) is 5.32 Å². The number of sulfonamides is 1. The van der Waals surface area contributed by atoms with Crippen LogP contribution < -0.4 is 14.4 Å². The number of nitrogens with one attached hydrogen (secondary N) is 1. The maximum Gasteiger partial charge on any atom is 0.244 e. The van der Waals surface area contributed by atoms with E-state index in [9.17, 15) is 18.0 Å². The summed E-state index contributed by atoms with van der Waals surface area (Å²) < 4.78 is 31.6. The highest BCUT2D eigenvalue weighted by molar-refractivity contribution is 7.92. The molecule has 2 aromatic rings. The number of benzene rings is 2. The number of amides is 2. The van der Waals surface area contributed by atoms with Crippen molar-refractivity contribution in [3.8, 4) is 5.75 Å². The highest BCUT2D eigenvalue weighted by atomic mass is 32.2. The summed E-state index contributed by atoms with van der Waals surface area (Å²) in [5.74, 6) is -0.0716. The first-order valence-electron chi connectivity index (χ1n) is 11.9. The smallest absolute Gasteiger partial charge is 0.244 e. The molecule has 8 nitrogen and oxygen atoms in total. The zero-order valence-corrected chi connectivity index (χ0v) is 21.7. The number of rotatable bonds is 10. The molecule has 1 saturated carbocycles. The topological polar surface area (TPSA) is 96.0 Å². The van der Waals surface area contributed by atoms with Crippen molar-refractivity contribution in [2.24, 2.45) is 0 Å². The Morgan fingerprint density at radius 3 is 2.37 bits per heavy atom. The summed E-state index contributed by atoms with van der Waals surface area (Å²) in [6, 6.07) is 13.5. The summed E-state index contributed by atoms with van der Waals surface area (Å²) in [6.45, 7) is 3.31. The Balaban J connectivity index is 1.88. The van der Waals surface area contributed by atoms with Crippen LogP contribution in [0.1, 0.15) is 43.7 Å². The molecule has 9 heteroatoms. The van der Waals surface area contributed by atoms with Crippen molar-refractivity contribution in [3.63, 3.8) is 0 Å². The van der Waals surface area contributed by atoms with Crippen LogP contribution in [0.5, 0.6) is 5.75 Å². The van der Waals surface area contributed by atoms with Gasteiger partial charge in [-0.15, -0.1) is 0 Å². The van der Waals surface area contributed by atoms with Crippen molar-refractivity contribution in [1.29, 1.82) is 0 Å². The zero-order chi connectivity index (χ0) is 25.6. The standard InChI is InChI=1S/C26H35N3O5S/c1-19-12-14-23(15-13-19)29(35(4,32)33)18-25(30)28(17-21-8-7-11-24(16-21)34-3)20(2)26(31)27-22-9-5-6-10-22/h7-8,11-16,20,22H,5-6,9-10,17-18H2,1-4H3,(H,27,31)/t20-/m1/s1. The molecule has 1 N–H and O–H groups in total. The fourth-order valence-corrected chi connectivity index (χ4v) is 5.12. The second kappa shape index (κ2) is 11.6. The number of anilines is 1. The summed E-state index contributed by atoms with van der Waals surface area (Å²) in [7, 11) is -2.18. The molecule has 0 spiro atoms. The number of methoxy groups -OCH3 is 1. The van der Waals surface area contributed by atoms with E-state index in [-0.39, 0.29) is 18.5 Å². The molecule has 0 radical (unpaired) electrons. The minimum atomic E-state index is -3.74. The fourth-order valence-electron chi connectivity index (χ4n) is 4.27. The minimum Gasteiger partial charge on any atom is -0.497 e. The van der Waals surface area contributed by atoms with E-state index in [1.807, 2.05) is 19.1 Å². The van der Waals surface area contributed by atoms with Crippen molar-refractivity contribution in [1.82, 2.24) is 10.2 Å². The molecule has 0 aromatic heterocycles. The van der Waals surface area contributed by atoms with Crippen molar-refractivity contribution in [2.45, 2.75) is 58.2 Å². The first kappa shape index (κ1) is 26.5. The first-order valence-corrected chi connectivity index (χ1v) is 13.7. The van der Waals surface area contributed by atoms with Gasteiger partial charge in [0.1, 0.15) is 18.3 Å². The number of carbonyl (C=O) groups excluding carboxylic acids is 2. The summed E-state index contributed by atoms with van der Waals surface area (Å²) >= 11 is 0. The van der Waals surface area contributed by atoms with Gasteiger partial charge in [-0.2, -0.15) is 0 Å². The van der Waals surface area contributed by atoms with E-state index in [0.717, 1.165) is 47.4 Å². The summed E-state index contributed by atoms with van der Waals surface area (Å²) in [5.41, 5.74) is 2.15. The van der Waals surface area contributed by atoms with Crippen LogP contribution in [0.15, 0.2) is 48.5 Å². The number of aryl methyl sites for hydroxylation is 1. The zero-order valence-electron chi connectivity index (χ0n) is 20.9. The molecule has 0 aliphatic heterocycles. The second-order valence-corrected chi connectivity index (χ2v) is 11.1. The van der Waals surface area contributed by atoms with E-state index < -0.39 is 28.5 Å². The van der Waals surface area contributed by atoms with E-state index in [0.29, 0.717) is 11.4 Å². The van der Waals surface area contributed by atoms with Crippen LogP contribution in [0.2, 0.25) is 0 Å². The Morgan fingerprint density at radius 1 is 1.11 bits per heavy atom. The lowest BCUT2D eigenvalue weighted by atomic mass is 10.1. The lowest BCUT2D eigenvalue weighted by Crippen LogP contribution is -2.52. The summed E-state index contributed by atoms with van der Waals surface area (Å²) in [6.07, 6.45) is 5.08. The van der Waals surface area contributed by atoms with E-state index >= 15 is 0 Å². The van der Waals surface area contributed by atoms with Crippen LogP contribution in [0.3, 0.4) is 0 Å². The molecule has 2 aromatic carbocycles. The fraction of sp³-hybridized carbons (Fsp3) is 0.462. The quantitative estimate of drug-likeness (QED) is 0.539. The molecule has 0 unspecified atom stereocenters. The van der Waals surface area contributed by atoms with Gasteiger partial charge in [-0.25, -0.2) is 8.42 Å². The Morgan fingerprint density at radius 2 is 1.77 bits per heavy atom. The van der Waals surface area contributed by atoms with Crippen LogP contribution in [-0.2, 0) is 26.2 Å². The maximum atomic E-state index is 13.6. The van der Waals surface area contributed by atoms with Gasteiger partial charge in [-0.3, -0.25) is 13.9 Å². The number of ether oxygens (including phenoxy) is 1. The molecular weight excluding hydrogens is 466 g/mol. The molecule has 0 bridgehead atoms. The molecule has 1 atom stereocenters. The number of hydrogen-bond donors (Lipinski definition) is 1. The van der Waals surface area contributed by atoms with Gasteiger partial charge in [0.2, 0.25) is 21.8 Å². The van der Waals surface area contributed by atoms with Gasteiger partial charge < -0.3 is 15.0 Å². The minimum absolute atomic E-state index is 0.110. The van der Waals surface area contributed by atoms with Gasteiger partial charge in [-0.1, -0.05) is 42.7 Å². The summed E-state index contributed by atoms with van der Waals surface area (Å²) in [5, 5.41) is 3.05. The van der Waals surface area contributed by atoms with Gasteiger partial charge in [-0.05, 0) is 56.5 Å². The third kappa shape index (κ3) is 7.21. The number of hydrogen-bond acceptors (Lipinski definition) is 5. The third-order valence-corrected chi connectivity index (χ3v) is 7.50. The lowest BCUT2D eigenvalue weighted by molar-refractivity contribution is -0.139. The molecule has 0 saturated heterocycles. The van der Waals surface area contributed by atoms with E-state index in [1.165, 1.54) is 4.90 Å². The highest BCUT2D eigenvalue weighted by Gasteiger charge is 2.31. The Labute approximate surface area is 208 Å². The molecule has 1 fully saturated rings. The second-order valence-electron chi connectivity index (χ2n) is 9.14. The third-order valence-electron chi connectivity index (χ3n) is 6.36. The van der Waals surface area contributed by atoms with Crippen LogP contribution in [0.4, 0.5) is 5.69 Å². The maximum absolute atomic E-state index is 13.6. The van der Waals surface area contributed by atoms with Gasteiger partial charge in [0.15, 0.2) is 0 Å². The van der Waals surface area contributed by atoms with Crippen LogP contribution in [0, 0.1) is 6.92 Å². The molecule has 190 valence electrons. The van der Waals surface area contributed by atoms with Crippen molar-refractivity contribution in [2.75, 3.05) is 24.2 Å². The van der Waals surface area contributed by atoms with E-state index in [4.69, 9.17) is 4.74 Å². The first-order chi connectivity index (χ1) is 16.6. The van der Waals surface area contributed by atoms with Gasteiger partial charge in [0, 0.05) is 12.6 Å². The van der Waals surface area contributed by atoms with Gasteiger partial charge >= 0.3 is 0 Å². The van der Waals surface area contributed by atoms with Crippen molar-refractivity contribution < 1.29 is 22.7 Å². The predicted molar refractivity (Wildman–Crippen MR) is 137 cm³/mol. The monoisotopic (exact) mass is 501 g/mol. The van der Waals surface area contributed by atoms with Crippen LogP contribution in [0.25, 0.3) is 0 Å². The Hall–Kier alpha value is -3.07. The predicted octanol–water partition coefficient (Wildman–Crippen LogP) is 3.25. The Kier molecular flexibility index (Phi) is 8.77. The van der Waals surface area contributed by atoms with Crippen LogP contribution in [-0.4, -0.2) is 57.1 Å². The molecule has 2 amide bonds. The number of nitrogens with zero attached hydrogens (tertiary/aromatic N) is 2. The van der Waals surface area contributed by atoms with Gasteiger partial charge in [0.05, 0.1) is 19.1 Å². The SMILES string of the molecule is COc1cccc(CN(C(=O)CN(c2ccc(C)cc2)S(C)(=O)=O)[C@H](C)C(=O)NC2CCCC2)c1. The van der Waals surface area contributed by atoms with E-state index in [1.54, 1.807) is 50.4 Å². The molecular formula is C26H35N3O5S. The number of carbonyl (C=O) groups is 2. The molecule has 35 heavy (non-hydrogen) atoms. The highest BCUT2D eigenvalue weighted by Crippen LogP contribution is 2.22. The normalized spacial score (nSPS) is 14.9. The lowest BCUT2D eigenvalue weighted by Gasteiger charge is -2.32. The Bertz CT molecular complexity index is 1130. The summed E-state index contributed by atoms with van der Waals surface area (Å²) in [4.78, 5) is 28.1. The largest absolute Gasteiger partial charge is 0.497 e. The van der Waals surface area contributed by atoms with Crippen molar-refractivity contribution >= 4 is 27.5 Å². The van der Waals surface area contributed by atoms with Crippen molar-refractivity contribution in [3.05, 3.63) is 59.7 Å². The average Bonchev–Trinajstić information content (AvgIpc) is 3.33. The molecule has 1 aliphatic carbocycles. The molecule has 1 aliphatic rings.